The first-order valence-electron chi connectivity index (χ1n) is 7.23. The molecule has 0 aliphatic heterocycles. The highest BCUT2D eigenvalue weighted by Crippen LogP contribution is 2.20. The van der Waals surface area contributed by atoms with E-state index in [1.54, 1.807) is 22.9 Å². The van der Waals surface area contributed by atoms with Crippen molar-refractivity contribution in [1.29, 1.82) is 0 Å². The number of aryl methyl sites for hydroxylation is 2. The molecule has 1 heterocycles. The monoisotopic (exact) mass is 287 g/mol. The van der Waals surface area contributed by atoms with E-state index in [1.807, 2.05) is 20.8 Å². The first kappa shape index (κ1) is 15.0. The minimum atomic E-state index is -0.118. The van der Waals surface area contributed by atoms with Gasteiger partial charge in [0, 0.05) is 24.9 Å². The van der Waals surface area contributed by atoms with Gasteiger partial charge in [0.15, 0.2) is 5.82 Å². The number of rotatable bonds is 5. The fourth-order valence-corrected chi connectivity index (χ4v) is 2.09. The van der Waals surface area contributed by atoms with Gasteiger partial charge in [-0.2, -0.15) is 5.10 Å². The molecule has 2 rings (SSSR count). The molecule has 0 aliphatic rings. The molecule has 6 nitrogen and oxygen atoms in total. The molecule has 0 unspecified atom stereocenters. The Balaban J connectivity index is 2.50. The maximum Gasteiger partial charge on any atom is 0.251 e. The molecular weight excluding hydrogens is 266 g/mol. The van der Waals surface area contributed by atoms with Gasteiger partial charge in [-0.05, 0) is 25.1 Å². The third kappa shape index (κ3) is 3.04. The molecule has 0 fully saturated rings. The lowest BCUT2D eigenvalue weighted by Crippen LogP contribution is -2.23. The van der Waals surface area contributed by atoms with Gasteiger partial charge in [0.25, 0.3) is 5.91 Å². The molecule has 0 saturated carbocycles. The zero-order valence-electron chi connectivity index (χ0n) is 12.7. The first-order valence-corrected chi connectivity index (χ1v) is 7.23. The van der Waals surface area contributed by atoms with Gasteiger partial charge in [-0.15, -0.1) is 0 Å². The molecule has 2 aromatic rings. The summed E-state index contributed by atoms with van der Waals surface area (Å²) in [5, 5.41) is 7.25. The minimum Gasteiger partial charge on any atom is -0.397 e. The molecule has 0 aliphatic carbocycles. The van der Waals surface area contributed by atoms with Gasteiger partial charge < -0.3 is 11.1 Å². The van der Waals surface area contributed by atoms with Gasteiger partial charge in [-0.3, -0.25) is 4.79 Å². The summed E-state index contributed by atoms with van der Waals surface area (Å²) in [4.78, 5) is 16.4. The lowest BCUT2D eigenvalue weighted by Gasteiger charge is -2.10. The number of hydrogen-bond acceptors (Lipinski definition) is 4. The summed E-state index contributed by atoms with van der Waals surface area (Å²) in [6.07, 6.45) is 1.51. The fraction of sp³-hybridized carbons (Fsp3) is 0.400. The third-order valence-corrected chi connectivity index (χ3v) is 3.21. The number of nitrogens with two attached hydrogens (primary N) is 1. The van der Waals surface area contributed by atoms with Crippen LogP contribution in [0.15, 0.2) is 18.2 Å². The molecule has 0 radical (unpaired) electrons. The Morgan fingerprint density at radius 3 is 2.67 bits per heavy atom. The summed E-state index contributed by atoms with van der Waals surface area (Å²) in [5.41, 5.74) is 7.89. The molecule has 1 amide bonds. The number of nitrogens with one attached hydrogen (secondary N) is 1. The molecule has 3 N–H and O–H groups in total. The van der Waals surface area contributed by atoms with Crippen LogP contribution in [0.3, 0.4) is 0 Å². The Morgan fingerprint density at radius 2 is 2.05 bits per heavy atom. The Hall–Kier alpha value is -2.37. The van der Waals surface area contributed by atoms with Crippen LogP contribution in [0.4, 0.5) is 5.69 Å². The Kier molecular flexibility index (Phi) is 4.57. The Morgan fingerprint density at radius 1 is 1.29 bits per heavy atom. The standard InChI is InChI=1S/C15H21N5O/c1-4-13-18-14(5-2)20(19-13)12-9-10(7-8-11(12)16)15(21)17-6-3/h7-9H,4-6,16H2,1-3H3,(H,17,21). The topological polar surface area (TPSA) is 85.8 Å². The van der Waals surface area contributed by atoms with Crippen molar-refractivity contribution < 1.29 is 4.79 Å². The molecule has 0 atom stereocenters. The van der Waals surface area contributed by atoms with E-state index in [-0.39, 0.29) is 5.91 Å². The average molecular weight is 287 g/mol. The van der Waals surface area contributed by atoms with Crippen LogP contribution in [0.25, 0.3) is 5.69 Å². The van der Waals surface area contributed by atoms with Gasteiger partial charge >= 0.3 is 0 Å². The van der Waals surface area contributed by atoms with Crippen LogP contribution in [0.5, 0.6) is 0 Å². The van der Waals surface area contributed by atoms with E-state index in [2.05, 4.69) is 15.4 Å². The van der Waals surface area contributed by atoms with Crippen molar-refractivity contribution in [3.05, 3.63) is 35.4 Å². The predicted octanol–water partition coefficient (Wildman–Crippen LogP) is 1.72. The van der Waals surface area contributed by atoms with Crippen molar-refractivity contribution in [2.75, 3.05) is 12.3 Å². The molecule has 0 bridgehead atoms. The van der Waals surface area contributed by atoms with Gasteiger partial charge in [0.05, 0.1) is 11.4 Å². The number of benzene rings is 1. The van der Waals surface area contributed by atoms with Crippen molar-refractivity contribution >= 4 is 11.6 Å². The molecular formula is C15H21N5O. The van der Waals surface area contributed by atoms with Crippen molar-refractivity contribution in [3.8, 4) is 5.69 Å². The second-order valence-electron chi connectivity index (χ2n) is 4.70. The van der Waals surface area contributed by atoms with Crippen molar-refractivity contribution in [1.82, 2.24) is 20.1 Å². The van der Waals surface area contributed by atoms with E-state index in [1.165, 1.54) is 0 Å². The summed E-state index contributed by atoms with van der Waals surface area (Å²) in [5.74, 6) is 1.49. The van der Waals surface area contributed by atoms with Crippen LogP contribution in [0, 0.1) is 0 Å². The molecule has 6 heteroatoms. The van der Waals surface area contributed by atoms with Crippen molar-refractivity contribution in [2.24, 2.45) is 0 Å². The maximum absolute atomic E-state index is 12.0. The van der Waals surface area contributed by atoms with Gasteiger partial charge in [0.2, 0.25) is 0 Å². The van der Waals surface area contributed by atoms with Crippen LogP contribution in [0.1, 0.15) is 42.8 Å². The second kappa shape index (κ2) is 6.39. The lowest BCUT2D eigenvalue weighted by atomic mass is 10.1. The fourth-order valence-electron chi connectivity index (χ4n) is 2.09. The van der Waals surface area contributed by atoms with E-state index in [9.17, 15) is 4.79 Å². The van der Waals surface area contributed by atoms with Gasteiger partial charge in [-0.25, -0.2) is 9.67 Å². The number of nitrogen functional groups attached to an aromatic ring is 1. The summed E-state index contributed by atoms with van der Waals surface area (Å²) < 4.78 is 1.73. The lowest BCUT2D eigenvalue weighted by molar-refractivity contribution is 0.0956. The average Bonchev–Trinajstić information content (AvgIpc) is 2.91. The van der Waals surface area contributed by atoms with Crippen LogP contribution < -0.4 is 11.1 Å². The number of anilines is 1. The Labute approximate surface area is 124 Å². The van der Waals surface area contributed by atoms with Crippen LogP contribution in [-0.2, 0) is 12.8 Å². The normalized spacial score (nSPS) is 10.6. The summed E-state index contributed by atoms with van der Waals surface area (Å²) in [7, 11) is 0. The zero-order chi connectivity index (χ0) is 15.4. The number of amides is 1. The molecule has 21 heavy (non-hydrogen) atoms. The number of carbonyl (C=O) groups excluding carboxylic acids is 1. The molecule has 0 saturated heterocycles. The van der Waals surface area contributed by atoms with E-state index in [0.29, 0.717) is 23.5 Å². The van der Waals surface area contributed by atoms with E-state index >= 15 is 0 Å². The summed E-state index contributed by atoms with van der Waals surface area (Å²) in [6, 6.07) is 5.20. The summed E-state index contributed by atoms with van der Waals surface area (Å²) in [6.45, 7) is 6.50. The van der Waals surface area contributed by atoms with Crippen molar-refractivity contribution in [3.63, 3.8) is 0 Å². The number of carbonyl (C=O) groups is 1. The number of aromatic nitrogens is 3. The predicted molar refractivity (Wildman–Crippen MR) is 82.5 cm³/mol. The van der Waals surface area contributed by atoms with Gasteiger partial charge in [-0.1, -0.05) is 13.8 Å². The second-order valence-corrected chi connectivity index (χ2v) is 4.70. The van der Waals surface area contributed by atoms with E-state index in [4.69, 9.17) is 5.73 Å². The maximum atomic E-state index is 12.0. The first-order chi connectivity index (χ1) is 10.1. The smallest absolute Gasteiger partial charge is 0.251 e. The molecule has 1 aromatic carbocycles. The highest BCUT2D eigenvalue weighted by Gasteiger charge is 2.14. The molecule has 1 aromatic heterocycles. The van der Waals surface area contributed by atoms with Crippen LogP contribution >= 0.6 is 0 Å². The van der Waals surface area contributed by atoms with Crippen LogP contribution in [-0.4, -0.2) is 27.2 Å². The van der Waals surface area contributed by atoms with Crippen LogP contribution in [0.2, 0.25) is 0 Å². The summed E-state index contributed by atoms with van der Waals surface area (Å²) >= 11 is 0. The SMILES string of the molecule is CCNC(=O)c1ccc(N)c(-n2nc(CC)nc2CC)c1. The quantitative estimate of drug-likeness (QED) is 0.820. The van der Waals surface area contributed by atoms with E-state index < -0.39 is 0 Å². The number of nitrogens with zero attached hydrogens (tertiary/aromatic N) is 3. The highest BCUT2D eigenvalue weighted by molar-refractivity contribution is 5.95. The zero-order valence-corrected chi connectivity index (χ0v) is 12.7. The largest absolute Gasteiger partial charge is 0.397 e. The third-order valence-electron chi connectivity index (χ3n) is 3.21. The van der Waals surface area contributed by atoms with Crippen molar-refractivity contribution in [2.45, 2.75) is 33.6 Å². The highest BCUT2D eigenvalue weighted by atomic mass is 16.1. The minimum absolute atomic E-state index is 0.118. The Bertz CT molecular complexity index is 648. The molecule has 0 spiro atoms. The van der Waals surface area contributed by atoms with Gasteiger partial charge in [0.1, 0.15) is 5.82 Å². The molecule has 112 valence electrons. The van der Waals surface area contributed by atoms with E-state index in [0.717, 1.165) is 24.5 Å². The number of hydrogen-bond donors (Lipinski definition) is 2.